The molecule has 1 aliphatic rings. The molecule has 0 amide bonds. The summed E-state index contributed by atoms with van der Waals surface area (Å²) in [6.07, 6.45) is 4.52. The summed E-state index contributed by atoms with van der Waals surface area (Å²) in [6, 6.07) is 0. The second-order valence-corrected chi connectivity index (χ2v) is 5.13. The standard InChI is InChI=1S/C10H15N3OS/c1-13-11-7-9(12-13)10(14)6-8-2-4-15-5-3-8/h7-8H,2-6H2,1H3. The first kappa shape index (κ1) is 10.7. The van der Waals surface area contributed by atoms with Gasteiger partial charge >= 0.3 is 0 Å². The van der Waals surface area contributed by atoms with E-state index in [4.69, 9.17) is 0 Å². The van der Waals surface area contributed by atoms with Crippen LogP contribution in [0.25, 0.3) is 0 Å². The number of carbonyl (C=O) groups excluding carboxylic acids is 1. The zero-order chi connectivity index (χ0) is 10.7. The van der Waals surface area contributed by atoms with E-state index >= 15 is 0 Å². The quantitative estimate of drug-likeness (QED) is 0.732. The van der Waals surface area contributed by atoms with E-state index < -0.39 is 0 Å². The van der Waals surface area contributed by atoms with E-state index in [9.17, 15) is 4.79 Å². The smallest absolute Gasteiger partial charge is 0.184 e. The van der Waals surface area contributed by atoms with Crippen molar-refractivity contribution in [2.24, 2.45) is 13.0 Å². The van der Waals surface area contributed by atoms with Crippen LogP contribution in [0.2, 0.25) is 0 Å². The maximum absolute atomic E-state index is 11.8. The van der Waals surface area contributed by atoms with Gasteiger partial charge in [0, 0.05) is 13.5 Å². The Morgan fingerprint density at radius 3 is 2.93 bits per heavy atom. The topological polar surface area (TPSA) is 47.8 Å². The van der Waals surface area contributed by atoms with Crippen LogP contribution in [0.3, 0.4) is 0 Å². The normalized spacial score (nSPS) is 17.9. The van der Waals surface area contributed by atoms with Crippen molar-refractivity contribution in [3.8, 4) is 0 Å². The Hall–Kier alpha value is -0.840. The van der Waals surface area contributed by atoms with E-state index in [0.717, 1.165) is 12.8 Å². The SMILES string of the molecule is Cn1ncc(C(=O)CC2CCSCC2)n1. The average Bonchev–Trinajstić information content (AvgIpc) is 2.66. The molecule has 0 aromatic carbocycles. The monoisotopic (exact) mass is 225 g/mol. The Bertz CT molecular complexity index is 344. The molecule has 2 heterocycles. The molecule has 0 saturated carbocycles. The van der Waals surface area contributed by atoms with E-state index in [1.54, 1.807) is 13.2 Å². The first-order chi connectivity index (χ1) is 7.25. The number of aromatic nitrogens is 3. The Morgan fingerprint density at radius 2 is 2.33 bits per heavy atom. The number of hydrogen-bond acceptors (Lipinski definition) is 4. The van der Waals surface area contributed by atoms with E-state index in [-0.39, 0.29) is 5.78 Å². The summed E-state index contributed by atoms with van der Waals surface area (Å²) in [4.78, 5) is 13.2. The molecule has 1 aromatic rings. The highest BCUT2D eigenvalue weighted by molar-refractivity contribution is 7.99. The molecule has 4 nitrogen and oxygen atoms in total. The summed E-state index contributed by atoms with van der Waals surface area (Å²) >= 11 is 1.98. The van der Waals surface area contributed by atoms with Crippen LogP contribution in [0.15, 0.2) is 6.20 Å². The van der Waals surface area contributed by atoms with Crippen molar-refractivity contribution < 1.29 is 4.79 Å². The Balaban J connectivity index is 1.91. The van der Waals surface area contributed by atoms with Crippen molar-refractivity contribution in [2.45, 2.75) is 19.3 Å². The number of carbonyl (C=O) groups is 1. The lowest BCUT2D eigenvalue weighted by Crippen LogP contribution is -2.15. The highest BCUT2D eigenvalue weighted by atomic mass is 32.2. The van der Waals surface area contributed by atoms with Crippen molar-refractivity contribution in [3.63, 3.8) is 0 Å². The van der Waals surface area contributed by atoms with Gasteiger partial charge < -0.3 is 0 Å². The third-order valence-corrected chi connectivity index (χ3v) is 3.75. The minimum Gasteiger partial charge on any atom is -0.292 e. The molecule has 1 fully saturated rings. The molecule has 0 N–H and O–H groups in total. The van der Waals surface area contributed by atoms with Gasteiger partial charge in [-0.2, -0.15) is 26.8 Å². The number of aryl methyl sites for hydroxylation is 1. The highest BCUT2D eigenvalue weighted by Crippen LogP contribution is 2.26. The Labute approximate surface area is 93.4 Å². The number of Topliss-reactive ketones (excluding diaryl/α,β-unsaturated/α-hetero) is 1. The van der Waals surface area contributed by atoms with E-state index in [0.29, 0.717) is 18.0 Å². The van der Waals surface area contributed by atoms with Crippen LogP contribution in [-0.4, -0.2) is 32.3 Å². The van der Waals surface area contributed by atoms with E-state index in [2.05, 4.69) is 10.2 Å². The van der Waals surface area contributed by atoms with E-state index in [1.807, 2.05) is 11.8 Å². The third kappa shape index (κ3) is 2.81. The first-order valence-corrected chi connectivity index (χ1v) is 6.38. The summed E-state index contributed by atoms with van der Waals surface area (Å²) in [5.74, 6) is 3.08. The number of hydrogen-bond donors (Lipinski definition) is 0. The maximum Gasteiger partial charge on any atom is 0.184 e. The van der Waals surface area contributed by atoms with Crippen LogP contribution in [0.4, 0.5) is 0 Å². The summed E-state index contributed by atoms with van der Waals surface area (Å²) in [7, 11) is 1.73. The average molecular weight is 225 g/mol. The molecule has 0 atom stereocenters. The summed E-state index contributed by atoms with van der Waals surface area (Å²) in [6.45, 7) is 0. The third-order valence-electron chi connectivity index (χ3n) is 2.70. The van der Waals surface area contributed by atoms with Gasteiger partial charge in [-0.3, -0.25) is 4.79 Å². The number of nitrogens with zero attached hydrogens (tertiary/aromatic N) is 3. The molecule has 15 heavy (non-hydrogen) atoms. The number of ketones is 1. The fraction of sp³-hybridized carbons (Fsp3) is 0.700. The molecule has 2 rings (SSSR count). The van der Waals surface area contributed by atoms with Crippen molar-refractivity contribution in [1.82, 2.24) is 15.0 Å². The van der Waals surface area contributed by atoms with Gasteiger partial charge in [-0.1, -0.05) is 0 Å². The van der Waals surface area contributed by atoms with Crippen molar-refractivity contribution >= 4 is 17.5 Å². The highest BCUT2D eigenvalue weighted by Gasteiger charge is 2.19. The second kappa shape index (κ2) is 4.79. The number of rotatable bonds is 3. The second-order valence-electron chi connectivity index (χ2n) is 3.90. The molecular weight excluding hydrogens is 210 g/mol. The Kier molecular flexibility index (Phi) is 3.41. The molecule has 1 saturated heterocycles. The lowest BCUT2D eigenvalue weighted by Gasteiger charge is -2.19. The minimum absolute atomic E-state index is 0.139. The van der Waals surface area contributed by atoms with Crippen LogP contribution in [0.1, 0.15) is 29.8 Å². The van der Waals surface area contributed by atoms with Crippen LogP contribution in [0.5, 0.6) is 0 Å². The van der Waals surface area contributed by atoms with Gasteiger partial charge in [0.25, 0.3) is 0 Å². The van der Waals surface area contributed by atoms with E-state index in [1.165, 1.54) is 16.3 Å². The van der Waals surface area contributed by atoms with Gasteiger partial charge in [0.1, 0.15) is 5.69 Å². The number of thioether (sulfide) groups is 1. The Morgan fingerprint density at radius 1 is 1.60 bits per heavy atom. The molecule has 0 bridgehead atoms. The van der Waals surface area contributed by atoms with Crippen molar-refractivity contribution in [2.75, 3.05) is 11.5 Å². The lowest BCUT2D eigenvalue weighted by molar-refractivity contribution is 0.0953. The molecular formula is C10H15N3OS. The molecule has 1 aliphatic heterocycles. The van der Waals surface area contributed by atoms with Crippen LogP contribution in [-0.2, 0) is 7.05 Å². The van der Waals surface area contributed by atoms with Gasteiger partial charge in [-0.15, -0.1) is 0 Å². The maximum atomic E-state index is 11.8. The lowest BCUT2D eigenvalue weighted by atomic mass is 9.95. The molecule has 5 heteroatoms. The fourth-order valence-corrected chi connectivity index (χ4v) is 2.99. The predicted molar refractivity (Wildman–Crippen MR) is 60.0 cm³/mol. The molecule has 0 spiro atoms. The molecule has 0 radical (unpaired) electrons. The summed E-state index contributed by atoms with van der Waals surface area (Å²) < 4.78 is 0. The van der Waals surface area contributed by atoms with Crippen molar-refractivity contribution in [3.05, 3.63) is 11.9 Å². The van der Waals surface area contributed by atoms with Crippen LogP contribution >= 0.6 is 11.8 Å². The van der Waals surface area contributed by atoms with Gasteiger partial charge in [-0.05, 0) is 30.3 Å². The molecule has 0 unspecified atom stereocenters. The molecule has 82 valence electrons. The van der Waals surface area contributed by atoms with Gasteiger partial charge in [0.2, 0.25) is 0 Å². The van der Waals surface area contributed by atoms with Gasteiger partial charge in [0.15, 0.2) is 5.78 Å². The molecule has 1 aromatic heterocycles. The van der Waals surface area contributed by atoms with Crippen LogP contribution < -0.4 is 0 Å². The molecule has 0 aliphatic carbocycles. The zero-order valence-electron chi connectivity index (χ0n) is 8.85. The summed E-state index contributed by atoms with van der Waals surface area (Å²) in [5, 5.41) is 7.94. The first-order valence-electron chi connectivity index (χ1n) is 5.23. The summed E-state index contributed by atoms with van der Waals surface area (Å²) in [5.41, 5.74) is 0.510. The van der Waals surface area contributed by atoms with Gasteiger partial charge in [-0.25, -0.2) is 0 Å². The van der Waals surface area contributed by atoms with Crippen molar-refractivity contribution in [1.29, 1.82) is 0 Å². The minimum atomic E-state index is 0.139. The largest absolute Gasteiger partial charge is 0.292 e. The zero-order valence-corrected chi connectivity index (χ0v) is 9.66. The fourth-order valence-electron chi connectivity index (χ4n) is 1.79. The van der Waals surface area contributed by atoms with Gasteiger partial charge in [0.05, 0.1) is 6.20 Å². The van der Waals surface area contributed by atoms with Crippen LogP contribution in [0, 0.1) is 5.92 Å². The predicted octanol–water partition coefficient (Wildman–Crippen LogP) is 1.53.